The van der Waals surface area contributed by atoms with Gasteiger partial charge in [0.05, 0.1) is 0 Å². The highest BCUT2D eigenvalue weighted by molar-refractivity contribution is 5.97. The fourth-order valence-electron chi connectivity index (χ4n) is 3.51. The molecule has 1 fully saturated rings. The number of nitrogens with zero attached hydrogens (tertiary/aromatic N) is 1. The van der Waals surface area contributed by atoms with Crippen LogP contribution in [0.2, 0.25) is 0 Å². The van der Waals surface area contributed by atoms with E-state index in [9.17, 15) is 4.79 Å². The van der Waals surface area contributed by atoms with Crippen molar-refractivity contribution in [2.24, 2.45) is 5.92 Å². The van der Waals surface area contributed by atoms with Crippen LogP contribution in [0.5, 0.6) is 0 Å². The highest BCUT2D eigenvalue weighted by Crippen LogP contribution is 2.30. The third-order valence-corrected chi connectivity index (χ3v) is 5.08. The molecule has 2 aromatic rings. The Hall–Kier alpha value is -2.09. The molecule has 0 saturated heterocycles. The summed E-state index contributed by atoms with van der Waals surface area (Å²) in [5.41, 5.74) is 4.54. The Morgan fingerprint density at radius 3 is 2.55 bits per heavy atom. The third kappa shape index (κ3) is 2.43. The number of carbonyl (C=O) groups excluding carboxylic acids is 1. The van der Waals surface area contributed by atoms with Crippen LogP contribution >= 0.6 is 0 Å². The first kappa shape index (κ1) is 13.6. The molecular weight excluding hydrogens is 270 g/mol. The average Bonchev–Trinajstić information content (AvgIpc) is 2.53. The van der Waals surface area contributed by atoms with Gasteiger partial charge in [0.1, 0.15) is 0 Å². The van der Waals surface area contributed by atoms with E-state index in [0.29, 0.717) is 0 Å². The molecule has 2 aromatic carbocycles. The van der Waals surface area contributed by atoms with Gasteiger partial charge in [0.25, 0.3) is 5.91 Å². The highest BCUT2D eigenvalue weighted by Gasteiger charge is 2.28. The molecular formula is C20H21NO. The summed E-state index contributed by atoms with van der Waals surface area (Å²) >= 11 is 0. The van der Waals surface area contributed by atoms with Gasteiger partial charge in [-0.25, -0.2) is 0 Å². The molecule has 2 nitrogen and oxygen atoms in total. The van der Waals surface area contributed by atoms with Crippen molar-refractivity contribution in [3.8, 4) is 11.1 Å². The maximum Gasteiger partial charge on any atom is 0.254 e. The minimum Gasteiger partial charge on any atom is -0.338 e. The minimum atomic E-state index is 0.229. The molecule has 1 saturated carbocycles. The molecule has 4 rings (SSSR count). The molecule has 0 atom stereocenters. The van der Waals surface area contributed by atoms with Crippen molar-refractivity contribution in [3.05, 3.63) is 59.7 Å². The fraction of sp³-hybridized carbons (Fsp3) is 0.350. The maximum atomic E-state index is 12.7. The quantitative estimate of drug-likeness (QED) is 0.832. The fourth-order valence-corrected chi connectivity index (χ4v) is 3.51. The number of hydrogen-bond acceptors (Lipinski definition) is 1. The van der Waals surface area contributed by atoms with Crippen molar-refractivity contribution in [3.63, 3.8) is 0 Å². The Balaban J connectivity index is 1.59. The zero-order valence-electron chi connectivity index (χ0n) is 12.8. The number of fused-ring (bicyclic) bond motifs is 1. The van der Waals surface area contributed by atoms with E-state index in [2.05, 4.69) is 41.3 Å². The van der Waals surface area contributed by atoms with E-state index in [4.69, 9.17) is 0 Å². The largest absolute Gasteiger partial charge is 0.338 e. The molecule has 0 N–H and O–H groups in total. The third-order valence-electron chi connectivity index (χ3n) is 5.08. The van der Waals surface area contributed by atoms with Crippen molar-refractivity contribution in [1.82, 2.24) is 4.90 Å². The van der Waals surface area contributed by atoms with Gasteiger partial charge in [0.2, 0.25) is 0 Å². The lowest BCUT2D eigenvalue weighted by Crippen LogP contribution is -2.41. The average molecular weight is 291 g/mol. The first-order valence-corrected chi connectivity index (χ1v) is 8.29. The van der Waals surface area contributed by atoms with Gasteiger partial charge in [-0.2, -0.15) is 0 Å². The summed E-state index contributed by atoms with van der Waals surface area (Å²) in [6, 6.07) is 16.7. The Morgan fingerprint density at radius 2 is 1.82 bits per heavy atom. The molecule has 22 heavy (non-hydrogen) atoms. The molecule has 112 valence electrons. The Morgan fingerprint density at radius 1 is 1.00 bits per heavy atom. The molecule has 0 unspecified atom stereocenters. The summed E-state index contributed by atoms with van der Waals surface area (Å²) in [7, 11) is 0. The number of carbonyl (C=O) groups is 1. The van der Waals surface area contributed by atoms with Crippen LogP contribution < -0.4 is 0 Å². The van der Waals surface area contributed by atoms with E-state index in [1.54, 1.807) is 0 Å². The SMILES string of the molecule is O=C1c2ccc(-c3ccccc3)cc2CCN1CC1CCC1. The van der Waals surface area contributed by atoms with Crippen LogP contribution in [0.3, 0.4) is 0 Å². The summed E-state index contributed by atoms with van der Waals surface area (Å²) < 4.78 is 0. The summed E-state index contributed by atoms with van der Waals surface area (Å²) in [4.78, 5) is 14.7. The van der Waals surface area contributed by atoms with Crippen LogP contribution in [0.4, 0.5) is 0 Å². The van der Waals surface area contributed by atoms with Gasteiger partial charge in [-0.05, 0) is 47.9 Å². The summed E-state index contributed by atoms with van der Waals surface area (Å²) in [6.07, 6.45) is 4.91. The van der Waals surface area contributed by atoms with E-state index in [-0.39, 0.29) is 5.91 Å². The summed E-state index contributed by atoms with van der Waals surface area (Å²) in [6.45, 7) is 1.83. The molecule has 0 spiro atoms. The van der Waals surface area contributed by atoms with Crippen molar-refractivity contribution < 1.29 is 4.79 Å². The maximum absolute atomic E-state index is 12.7. The lowest BCUT2D eigenvalue weighted by atomic mass is 9.84. The van der Waals surface area contributed by atoms with Crippen LogP contribution in [0, 0.1) is 5.92 Å². The molecule has 1 amide bonds. The normalized spacial score (nSPS) is 18.0. The number of benzene rings is 2. The molecule has 1 aliphatic carbocycles. The van der Waals surface area contributed by atoms with Crippen molar-refractivity contribution in [2.45, 2.75) is 25.7 Å². The zero-order chi connectivity index (χ0) is 14.9. The van der Waals surface area contributed by atoms with Gasteiger partial charge in [-0.1, -0.05) is 48.9 Å². The Labute approximate surface area is 131 Å². The molecule has 0 bridgehead atoms. The second kappa shape index (κ2) is 5.60. The van der Waals surface area contributed by atoms with Gasteiger partial charge >= 0.3 is 0 Å². The Kier molecular flexibility index (Phi) is 3.45. The lowest BCUT2D eigenvalue weighted by molar-refractivity contribution is 0.0678. The molecule has 0 radical (unpaired) electrons. The van der Waals surface area contributed by atoms with Crippen LogP contribution in [-0.2, 0) is 6.42 Å². The summed E-state index contributed by atoms with van der Waals surface area (Å²) in [5, 5.41) is 0. The highest BCUT2D eigenvalue weighted by atomic mass is 16.2. The smallest absolute Gasteiger partial charge is 0.254 e. The standard InChI is InChI=1S/C20H21NO/c22-20-19-10-9-17(16-7-2-1-3-8-16)13-18(19)11-12-21(20)14-15-5-4-6-15/h1-3,7-10,13,15H,4-6,11-12,14H2. The predicted molar refractivity (Wildman–Crippen MR) is 88.8 cm³/mol. The van der Waals surface area contributed by atoms with Crippen molar-refractivity contribution in [2.75, 3.05) is 13.1 Å². The van der Waals surface area contributed by atoms with Crippen LogP contribution in [0.15, 0.2) is 48.5 Å². The lowest BCUT2D eigenvalue weighted by Gasteiger charge is -2.35. The number of rotatable bonds is 3. The molecule has 2 heteroatoms. The van der Waals surface area contributed by atoms with E-state index in [1.165, 1.54) is 36.0 Å². The molecule has 2 aliphatic rings. The van der Waals surface area contributed by atoms with Crippen LogP contribution in [0.25, 0.3) is 11.1 Å². The first-order chi connectivity index (χ1) is 10.8. The van der Waals surface area contributed by atoms with Gasteiger partial charge in [0.15, 0.2) is 0 Å². The van der Waals surface area contributed by atoms with Crippen molar-refractivity contribution >= 4 is 5.91 Å². The number of hydrogen-bond donors (Lipinski definition) is 0. The van der Waals surface area contributed by atoms with E-state index in [0.717, 1.165) is 31.0 Å². The van der Waals surface area contributed by atoms with Gasteiger partial charge < -0.3 is 4.90 Å². The van der Waals surface area contributed by atoms with Gasteiger partial charge in [-0.15, -0.1) is 0 Å². The minimum absolute atomic E-state index is 0.229. The van der Waals surface area contributed by atoms with E-state index < -0.39 is 0 Å². The first-order valence-electron chi connectivity index (χ1n) is 8.29. The monoisotopic (exact) mass is 291 g/mol. The zero-order valence-corrected chi connectivity index (χ0v) is 12.8. The molecule has 0 aromatic heterocycles. The van der Waals surface area contributed by atoms with Crippen molar-refractivity contribution in [1.29, 1.82) is 0 Å². The second-order valence-corrected chi connectivity index (χ2v) is 6.54. The summed E-state index contributed by atoms with van der Waals surface area (Å²) in [5.74, 6) is 0.974. The van der Waals surface area contributed by atoms with E-state index >= 15 is 0 Å². The van der Waals surface area contributed by atoms with Gasteiger partial charge in [-0.3, -0.25) is 4.79 Å². The second-order valence-electron chi connectivity index (χ2n) is 6.54. The Bertz CT molecular complexity index is 688. The molecule has 1 heterocycles. The van der Waals surface area contributed by atoms with E-state index in [1.807, 2.05) is 12.1 Å². The number of amides is 1. The predicted octanol–water partition coefficient (Wildman–Crippen LogP) is 4.15. The van der Waals surface area contributed by atoms with Gasteiger partial charge in [0, 0.05) is 18.7 Å². The van der Waals surface area contributed by atoms with Crippen LogP contribution in [-0.4, -0.2) is 23.9 Å². The topological polar surface area (TPSA) is 20.3 Å². The molecule has 1 aliphatic heterocycles. The van der Waals surface area contributed by atoms with Crippen LogP contribution in [0.1, 0.15) is 35.2 Å².